The standard InChI is InChI=1S/C28H31ClN2O3/c1-3-8-22-15-21(16-23(18-30)28(32)31-25-9-6-5-7-10-25)17-26(33-4-2)27(22)34-19-20-11-13-24(29)14-12-20/h3,11-17,25H,1,4-10,19H2,2H3,(H,31,32)/b23-16-. The third-order valence-electron chi connectivity index (χ3n) is 5.73. The van der Waals surface area contributed by atoms with Gasteiger partial charge in [0.05, 0.1) is 6.61 Å². The molecule has 0 heterocycles. The van der Waals surface area contributed by atoms with Gasteiger partial charge in [0.1, 0.15) is 18.2 Å². The number of nitrogens with one attached hydrogen (secondary N) is 1. The van der Waals surface area contributed by atoms with Gasteiger partial charge in [-0.25, -0.2) is 0 Å². The molecule has 0 atom stereocenters. The lowest BCUT2D eigenvalue weighted by Crippen LogP contribution is -2.36. The third-order valence-corrected chi connectivity index (χ3v) is 5.98. The van der Waals surface area contributed by atoms with Crippen LogP contribution < -0.4 is 14.8 Å². The Morgan fingerprint density at radius 3 is 2.59 bits per heavy atom. The van der Waals surface area contributed by atoms with Crippen molar-refractivity contribution in [2.45, 2.75) is 58.1 Å². The highest BCUT2D eigenvalue weighted by Crippen LogP contribution is 2.35. The maximum Gasteiger partial charge on any atom is 0.262 e. The molecule has 0 aromatic heterocycles. The first-order valence-corrected chi connectivity index (χ1v) is 12.1. The van der Waals surface area contributed by atoms with Gasteiger partial charge in [0.2, 0.25) is 0 Å². The summed E-state index contributed by atoms with van der Waals surface area (Å²) in [6.07, 6.45) is 9.28. The van der Waals surface area contributed by atoms with E-state index in [0.29, 0.717) is 41.7 Å². The van der Waals surface area contributed by atoms with Gasteiger partial charge in [0.15, 0.2) is 11.5 Å². The summed E-state index contributed by atoms with van der Waals surface area (Å²) in [6.45, 7) is 6.56. The maximum absolute atomic E-state index is 12.7. The van der Waals surface area contributed by atoms with Gasteiger partial charge in [-0.05, 0) is 67.7 Å². The van der Waals surface area contributed by atoms with Crippen LogP contribution in [0.3, 0.4) is 0 Å². The number of ether oxygens (including phenoxy) is 2. The van der Waals surface area contributed by atoms with Gasteiger partial charge in [0, 0.05) is 16.6 Å². The van der Waals surface area contributed by atoms with Crippen LogP contribution in [0.2, 0.25) is 5.02 Å². The van der Waals surface area contributed by atoms with Crippen LogP contribution in [0.1, 0.15) is 55.7 Å². The van der Waals surface area contributed by atoms with Crippen LogP contribution in [0.15, 0.2) is 54.6 Å². The molecule has 1 aliphatic rings. The van der Waals surface area contributed by atoms with Crippen LogP contribution in [0.5, 0.6) is 11.5 Å². The molecule has 2 aromatic carbocycles. The van der Waals surface area contributed by atoms with E-state index in [4.69, 9.17) is 21.1 Å². The predicted molar refractivity (Wildman–Crippen MR) is 136 cm³/mol. The highest BCUT2D eigenvalue weighted by Gasteiger charge is 2.19. The van der Waals surface area contributed by atoms with Crippen LogP contribution in [0.25, 0.3) is 6.08 Å². The molecule has 178 valence electrons. The number of nitriles is 1. The second-order valence-corrected chi connectivity index (χ2v) is 8.76. The van der Waals surface area contributed by atoms with Gasteiger partial charge < -0.3 is 14.8 Å². The minimum Gasteiger partial charge on any atom is -0.490 e. The van der Waals surface area contributed by atoms with Gasteiger partial charge >= 0.3 is 0 Å². The van der Waals surface area contributed by atoms with Crippen molar-refractivity contribution in [3.05, 3.63) is 76.3 Å². The molecule has 0 bridgehead atoms. The molecule has 0 aliphatic heterocycles. The number of benzene rings is 2. The monoisotopic (exact) mass is 478 g/mol. The Morgan fingerprint density at radius 2 is 1.94 bits per heavy atom. The van der Waals surface area contributed by atoms with Gasteiger partial charge in [-0.15, -0.1) is 6.58 Å². The summed E-state index contributed by atoms with van der Waals surface area (Å²) in [6, 6.07) is 13.4. The molecule has 1 saturated carbocycles. The van der Waals surface area contributed by atoms with Gasteiger partial charge in [-0.2, -0.15) is 5.26 Å². The van der Waals surface area contributed by atoms with E-state index in [-0.39, 0.29) is 17.5 Å². The van der Waals surface area contributed by atoms with Crippen LogP contribution in [0.4, 0.5) is 0 Å². The highest BCUT2D eigenvalue weighted by molar-refractivity contribution is 6.30. The lowest BCUT2D eigenvalue weighted by Gasteiger charge is -2.22. The summed E-state index contributed by atoms with van der Waals surface area (Å²) < 4.78 is 12.0. The molecule has 1 aliphatic carbocycles. The van der Waals surface area contributed by atoms with E-state index in [1.165, 1.54) is 6.42 Å². The zero-order chi connectivity index (χ0) is 24.3. The molecule has 1 fully saturated rings. The molecule has 0 unspecified atom stereocenters. The zero-order valence-electron chi connectivity index (χ0n) is 19.6. The fourth-order valence-electron chi connectivity index (χ4n) is 4.06. The summed E-state index contributed by atoms with van der Waals surface area (Å²) in [5.74, 6) is 0.853. The van der Waals surface area contributed by atoms with Crippen molar-refractivity contribution in [3.8, 4) is 17.6 Å². The first-order chi connectivity index (χ1) is 16.5. The number of allylic oxidation sites excluding steroid dienone is 1. The van der Waals surface area contributed by atoms with E-state index in [9.17, 15) is 10.1 Å². The number of hydrogen-bond acceptors (Lipinski definition) is 4. The lowest BCUT2D eigenvalue weighted by atomic mass is 9.95. The topological polar surface area (TPSA) is 71.4 Å². The first-order valence-electron chi connectivity index (χ1n) is 11.7. The number of nitrogens with zero attached hydrogens (tertiary/aromatic N) is 1. The predicted octanol–water partition coefficient (Wildman–Crippen LogP) is 6.40. The third kappa shape index (κ3) is 7.13. The van der Waals surface area contributed by atoms with E-state index < -0.39 is 0 Å². The fourth-order valence-corrected chi connectivity index (χ4v) is 4.19. The van der Waals surface area contributed by atoms with E-state index in [1.807, 2.05) is 37.3 Å². The van der Waals surface area contributed by atoms with Crippen LogP contribution >= 0.6 is 11.6 Å². The van der Waals surface area contributed by atoms with Gasteiger partial charge in [-0.3, -0.25) is 4.79 Å². The molecule has 1 amide bonds. The van der Waals surface area contributed by atoms with E-state index in [1.54, 1.807) is 18.2 Å². The molecule has 2 aromatic rings. The summed E-state index contributed by atoms with van der Waals surface area (Å²) >= 11 is 5.98. The number of halogens is 1. The number of hydrogen-bond donors (Lipinski definition) is 1. The molecule has 6 heteroatoms. The Morgan fingerprint density at radius 1 is 1.21 bits per heavy atom. The number of carbonyl (C=O) groups is 1. The van der Waals surface area contributed by atoms with Crippen molar-refractivity contribution >= 4 is 23.6 Å². The summed E-state index contributed by atoms with van der Waals surface area (Å²) in [7, 11) is 0. The van der Waals surface area contributed by atoms with E-state index >= 15 is 0 Å². The van der Waals surface area contributed by atoms with Crippen LogP contribution in [-0.4, -0.2) is 18.6 Å². The molecule has 0 spiro atoms. The molecular weight excluding hydrogens is 448 g/mol. The average molecular weight is 479 g/mol. The van der Waals surface area contributed by atoms with Crippen molar-refractivity contribution in [2.24, 2.45) is 0 Å². The van der Waals surface area contributed by atoms with E-state index in [2.05, 4.69) is 18.0 Å². The molecule has 0 saturated heterocycles. The average Bonchev–Trinajstić information content (AvgIpc) is 2.84. The smallest absolute Gasteiger partial charge is 0.262 e. The maximum atomic E-state index is 12.7. The van der Waals surface area contributed by atoms with Crippen molar-refractivity contribution in [1.82, 2.24) is 5.32 Å². The highest BCUT2D eigenvalue weighted by atomic mass is 35.5. The number of carbonyl (C=O) groups excluding carboxylic acids is 1. The second-order valence-electron chi connectivity index (χ2n) is 8.33. The fraction of sp³-hybridized carbons (Fsp3) is 0.357. The SMILES string of the molecule is C=CCc1cc(/C=C(/C#N)C(=O)NC2CCCCC2)cc(OCC)c1OCc1ccc(Cl)cc1. The largest absolute Gasteiger partial charge is 0.490 e. The molecule has 5 nitrogen and oxygen atoms in total. The van der Waals surface area contributed by atoms with Crippen molar-refractivity contribution < 1.29 is 14.3 Å². The normalized spacial score (nSPS) is 14.2. The number of rotatable bonds is 10. The molecular formula is C28H31ClN2O3. The van der Waals surface area contributed by atoms with Crippen molar-refractivity contribution in [2.75, 3.05) is 6.61 Å². The molecule has 34 heavy (non-hydrogen) atoms. The van der Waals surface area contributed by atoms with Crippen LogP contribution in [-0.2, 0) is 17.8 Å². The quantitative estimate of drug-likeness (QED) is 0.243. The van der Waals surface area contributed by atoms with E-state index in [0.717, 1.165) is 36.8 Å². The summed E-state index contributed by atoms with van der Waals surface area (Å²) in [5, 5.41) is 13.3. The Labute approximate surface area is 207 Å². The summed E-state index contributed by atoms with van der Waals surface area (Å²) in [5.41, 5.74) is 2.62. The molecule has 1 N–H and O–H groups in total. The zero-order valence-corrected chi connectivity index (χ0v) is 20.4. The second kappa shape index (κ2) is 12.9. The van der Waals surface area contributed by atoms with Gasteiger partial charge in [-0.1, -0.05) is 49.1 Å². The molecule has 3 rings (SSSR count). The Bertz CT molecular complexity index is 1060. The Balaban J connectivity index is 1.87. The Kier molecular flexibility index (Phi) is 9.61. The van der Waals surface area contributed by atoms with Crippen molar-refractivity contribution in [3.63, 3.8) is 0 Å². The minimum absolute atomic E-state index is 0.0763. The lowest BCUT2D eigenvalue weighted by molar-refractivity contribution is -0.117. The van der Waals surface area contributed by atoms with Crippen LogP contribution in [0, 0.1) is 11.3 Å². The Hall–Kier alpha value is -3.23. The molecule has 0 radical (unpaired) electrons. The van der Waals surface area contributed by atoms with Crippen molar-refractivity contribution in [1.29, 1.82) is 5.26 Å². The first kappa shape index (κ1) is 25.4. The summed E-state index contributed by atoms with van der Waals surface area (Å²) in [4.78, 5) is 12.7. The minimum atomic E-state index is -0.333. The number of amides is 1. The van der Waals surface area contributed by atoms with Gasteiger partial charge in [0.25, 0.3) is 5.91 Å².